The topological polar surface area (TPSA) is 20.2 Å². The summed E-state index contributed by atoms with van der Waals surface area (Å²) in [7, 11) is 0. The highest BCUT2D eigenvalue weighted by atomic mass is 16.3. The normalized spacial score (nSPS) is 15.5. The first-order valence-electron chi connectivity index (χ1n) is 6.04. The Labute approximate surface area is 104 Å². The molecule has 1 rings (SSSR count). The molecule has 0 aliphatic carbocycles. The number of rotatable bonds is 4. The third kappa shape index (κ3) is 3.07. The fourth-order valence-corrected chi connectivity index (χ4v) is 2.18. The third-order valence-electron chi connectivity index (χ3n) is 3.10. The van der Waals surface area contributed by atoms with Crippen LogP contribution in [0.3, 0.4) is 0 Å². The molecule has 1 aromatic rings. The van der Waals surface area contributed by atoms with E-state index in [0.717, 1.165) is 28.7 Å². The second kappa shape index (κ2) is 5.33. The minimum Gasteiger partial charge on any atom is -0.381 e. The van der Waals surface area contributed by atoms with Gasteiger partial charge in [0, 0.05) is 0 Å². The van der Waals surface area contributed by atoms with Crippen LogP contribution < -0.4 is 0 Å². The van der Waals surface area contributed by atoms with Crippen LogP contribution >= 0.6 is 0 Å². The highest BCUT2D eigenvalue weighted by Crippen LogP contribution is 2.33. The van der Waals surface area contributed by atoms with E-state index in [0.29, 0.717) is 0 Å². The zero-order chi connectivity index (χ0) is 13.1. The highest BCUT2D eigenvalue weighted by molar-refractivity contribution is 5.39. The first-order chi connectivity index (χ1) is 7.89. The summed E-state index contributed by atoms with van der Waals surface area (Å²) in [5, 5.41) is 10.8. The summed E-state index contributed by atoms with van der Waals surface area (Å²) in [5.74, 6) is 0. The highest BCUT2D eigenvalue weighted by Gasteiger charge is 2.28. The van der Waals surface area contributed by atoms with Gasteiger partial charge in [0.25, 0.3) is 0 Å². The van der Waals surface area contributed by atoms with Crippen LogP contribution in [0.4, 0.5) is 0 Å². The van der Waals surface area contributed by atoms with Crippen LogP contribution in [0.15, 0.2) is 48.1 Å². The minimum absolute atomic E-state index is 0.814. The lowest BCUT2D eigenvalue weighted by atomic mass is 9.83. The van der Waals surface area contributed by atoms with Gasteiger partial charge >= 0.3 is 0 Å². The van der Waals surface area contributed by atoms with Crippen molar-refractivity contribution in [2.24, 2.45) is 0 Å². The minimum atomic E-state index is -0.918. The van der Waals surface area contributed by atoms with Gasteiger partial charge in [-0.1, -0.05) is 49.4 Å². The Morgan fingerprint density at radius 1 is 1.41 bits per heavy atom. The summed E-state index contributed by atoms with van der Waals surface area (Å²) < 4.78 is 0. The van der Waals surface area contributed by atoms with Gasteiger partial charge in [-0.2, -0.15) is 0 Å². The summed E-state index contributed by atoms with van der Waals surface area (Å²) in [6, 6.07) is 7.96. The van der Waals surface area contributed by atoms with Crippen LogP contribution in [-0.4, -0.2) is 5.11 Å². The van der Waals surface area contributed by atoms with Gasteiger partial charge in [-0.25, -0.2) is 0 Å². The molecule has 1 atom stereocenters. The molecule has 17 heavy (non-hydrogen) atoms. The first kappa shape index (κ1) is 13.7. The molecular formula is C16H22O. The van der Waals surface area contributed by atoms with Gasteiger partial charge in [-0.15, -0.1) is 0 Å². The van der Waals surface area contributed by atoms with E-state index in [1.807, 2.05) is 51.1 Å². The standard InChI is InChI=1S/C16H22O/c1-6-14(11-12(2)3)16(5,17)15-10-8-7-9-13(15)4/h7-11,17H,2,6H2,1,3-5H3/b14-11+. The molecule has 1 nitrogen and oxygen atoms in total. The zero-order valence-corrected chi connectivity index (χ0v) is 11.2. The molecule has 0 spiro atoms. The number of aliphatic hydroxyl groups is 1. The Morgan fingerprint density at radius 3 is 2.47 bits per heavy atom. The Morgan fingerprint density at radius 2 is 2.00 bits per heavy atom. The summed E-state index contributed by atoms with van der Waals surface area (Å²) in [4.78, 5) is 0. The van der Waals surface area contributed by atoms with E-state index in [1.165, 1.54) is 0 Å². The van der Waals surface area contributed by atoms with E-state index in [9.17, 15) is 5.11 Å². The average molecular weight is 230 g/mol. The van der Waals surface area contributed by atoms with Crippen molar-refractivity contribution in [1.82, 2.24) is 0 Å². The third-order valence-corrected chi connectivity index (χ3v) is 3.10. The Kier molecular flexibility index (Phi) is 4.30. The molecule has 0 radical (unpaired) electrons. The molecule has 1 heteroatoms. The van der Waals surface area contributed by atoms with Crippen LogP contribution in [0.25, 0.3) is 0 Å². The molecule has 0 heterocycles. The van der Waals surface area contributed by atoms with Crippen molar-refractivity contribution in [1.29, 1.82) is 0 Å². The Bertz CT molecular complexity index is 439. The molecule has 0 aliphatic heterocycles. The Balaban J connectivity index is 3.27. The van der Waals surface area contributed by atoms with Crippen molar-refractivity contribution in [2.45, 2.75) is 39.7 Å². The van der Waals surface area contributed by atoms with Gasteiger partial charge in [0.2, 0.25) is 0 Å². The van der Waals surface area contributed by atoms with Gasteiger partial charge in [0.05, 0.1) is 0 Å². The van der Waals surface area contributed by atoms with Crippen molar-refractivity contribution in [3.63, 3.8) is 0 Å². The smallest absolute Gasteiger partial charge is 0.108 e. The zero-order valence-electron chi connectivity index (χ0n) is 11.2. The molecule has 0 bridgehead atoms. The lowest BCUT2D eigenvalue weighted by Gasteiger charge is -2.28. The maximum atomic E-state index is 10.8. The Hall–Kier alpha value is -1.34. The summed E-state index contributed by atoms with van der Waals surface area (Å²) in [6.07, 6.45) is 2.79. The summed E-state index contributed by atoms with van der Waals surface area (Å²) in [6.45, 7) is 11.8. The second-order valence-corrected chi connectivity index (χ2v) is 4.76. The van der Waals surface area contributed by atoms with Crippen LogP contribution in [-0.2, 0) is 5.60 Å². The van der Waals surface area contributed by atoms with Crippen molar-refractivity contribution in [3.8, 4) is 0 Å². The average Bonchev–Trinajstić information content (AvgIpc) is 2.25. The number of hydrogen-bond acceptors (Lipinski definition) is 1. The van der Waals surface area contributed by atoms with Crippen molar-refractivity contribution < 1.29 is 5.11 Å². The number of benzene rings is 1. The number of hydrogen-bond donors (Lipinski definition) is 1. The van der Waals surface area contributed by atoms with Crippen LogP contribution in [0, 0.1) is 6.92 Å². The maximum absolute atomic E-state index is 10.8. The summed E-state index contributed by atoms with van der Waals surface area (Å²) >= 11 is 0. The van der Waals surface area contributed by atoms with Crippen molar-refractivity contribution in [2.75, 3.05) is 0 Å². The largest absolute Gasteiger partial charge is 0.381 e. The van der Waals surface area contributed by atoms with E-state index in [-0.39, 0.29) is 0 Å². The van der Waals surface area contributed by atoms with E-state index in [4.69, 9.17) is 0 Å². The fraction of sp³-hybridized carbons (Fsp3) is 0.375. The van der Waals surface area contributed by atoms with Gasteiger partial charge in [0.15, 0.2) is 0 Å². The number of aryl methyl sites for hydroxylation is 1. The van der Waals surface area contributed by atoms with E-state index >= 15 is 0 Å². The van der Waals surface area contributed by atoms with Crippen LogP contribution in [0.1, 0.15) is 38.3 Å². The summed E-state index contributed by atoms with van der Waals surface area (Å²) in [5.41, 5.74) is 3.13. The molecule has 92 valence electrons. The van der Waals surface area contributed by atoms with E-state index < -0.39 is 5.60 Å². The quantitative estimate of drug-likeness (QED) is 0.772. The molecule has 1 aromatic carbocycles. The fourth-order valence-electron chi connectivity index (χ4n) is 2.18. The molecule has 1 N–H and O–H groups in total. The van der Waals surface area contributed by atoms with E-state index in [2.05, 4.69) is 13.5 Å². The molecule has 0 aliphatic rings. The molecule has 0 fully saturated rings. The van der Waals surface area contributed by atoms with Gasteiger partial charge in [0.1, 0.15) is 5.60 Å². The molecule has 0 amide bonds. The molecule has 0 saturated carbocycles. The van der Waals surface area contributed by atoms with Gasteiger partial charge < -0.3 is 5.11 Å². The lowest BCUT2D eigenvalue weighted by molar-refractivity contribution is 0.0935. The van der Waals surface area contributed by atoms with Crippen molar-refractivity contribution >= 4 is 0 Å². The predicted molar refractivity (Wildman–Crippen MR) is 73.9 cm³/mol. The molecule has 0 aromatic heterocycles. The van der Waals surface area contributed by atoms with Gasteiger partial charge in [-0.3, -0.25) is 0 Å². The lowest BCUT2D eigenvalue weighted by Crippen LogP contribution is -2.25. The molecule has 1 unspecified atom stereocenters. The maximum Gasteiger partial charge on any atom is 0.108 e. The SMILES string of the molecule is C=C(C)/C=C(\CC)C(C)(O)c1ccccc1C. The monoisotopic (exact) mass is 230 g/mol. The van der Waals surface area contributed by atoms with Gasteiger partial charge in [-0.05, 0) is 43.9 Å². The first-order valence-corrected chi connectivity index (χ1v) is 6.04. The molecular weight excluding hydrogens is 208 g/mol. The van der Waals surface area contributed by atoms with Crippen LogP contribution in [0.2, 0.25) is 0 Å². The van der Waals surface area contributed by atoms with Crippen LogP contribution in [0.5, 0.6) is 0 Å². The molecule has 0 saturated heterocycles. The number of allylic oxidation sites excluding steroid dienone is 2. The predicted octanol–water partition coefficient (Wildman–Crippen LogP) is 4.12. The van der Waals surface area contributed by atoms with Crippen molar-refractivity contribution in [3.05, 3.63) is 59.2 Å². The second-order valence-electron chi connectivity index (χ2n) is 4.76. The van der Waals surface area contributed by atoms with E-state index in [1.54, 1.807) is 0 Å².